The van der Waals surface area contributed by atoms with Gasteiger partial charge in [0.05, 0.1) is 13.1 Å². The van der Waals surface area contributed by atoms with Crippen LogP contribution < -0.4 is 4.57 Å². The van der Waals surface area contributed by atoms with Crippen molar-refractivity contribution in [3.05, 3.63) is 18.2 Å². The largest absolute Gasteiger partial charge is 0.256 e. The summed E-state index contributed by atoms with van der Waals surface area (Å²) in [6, 6.07) is 0. The van der Waals surface area contributed by atoms with Gasteiger partial charge in [0.2, 0.25) is 0 Å². The van der Waals surface area contributed by atoms with Crippen molar-refractivity contribution in [3.63, 3.8) is 0 Å². The van der Waals surface area contributed by atoms with Gasteiger partial charge in [-0.2, -0.15) is 0 Å². The zero-order chi connectivity index (χ0) is 28.1. The molecule has 1 aromatic heterocycles. The molecule has 0 aliphatic carbocycles. The monoisotopic (exact) mass is 546 g/mol. The fourth-order valence-electron chi connectivity index (χ4n) is 6.12. The topological polar surface area (TPSA) is 8.81 Å². The number of rotatable bonds is 31. The molecule has 0 N–H and O–H groups in total. The lowest BCUT2D eigenvalue weighted by Gasteiger charge is -2.07. The molecule has 1 aromatic rings. The Morgan fingerprint density at radius 3 is 1.21 bits per heavy atom. The lowest BCUT2D eigenvalue weighted by molar-refractivity contribution is -0.704. The molecular weight excluding hydrogens is 472 g/mol. The van der Waals surface area contributed by atoms with Crippen molar-refractivity contribution in [1.82, 2.24) is 4.57 Å². The quantitative estimate of drug-likeness (QED) is 0.0648. The first-order chi connectivity index (χ1) is 19.3. The standard InChI is InChI=1S/C37H73N2/c1-4-7-10-12-14-16-18-19-20-21-23-25-27-29-31-34-39-36-35-38(33-9-6-3)37(39)32-30-28-26-24-22-17-15-13-11-8-5-2/h35-36H,4-34H2,1-3H3/q+1. The molecule has 0 atom stereocenters. The summed E-state index contributed by atoms with van der Waals surface area (Å²) in [7, 11) is 0. The SMILES string of the molecule is CCCCCCCCCCCCCCCCCn1cc[n+](CCCC)c1CCCCCCCCCCCCC. The molecule has 39 heavy (non-hydrogen) atoms. The predicted octanol–water partition coefficient (Wildman–Crippen LogP) is 12.3. The highest BCUT2D eigenvalue weighted by Crippen LogP contribution is 2.15. The van der Waals surface area contributed by atoms with Crippen molar-refractivity contribution in [2.45, 2.75) is 220 Å². The van der Waals surface area contributed by atoms with Gasteiger partial charge in [0.1, 0.15) is 12.4 Å². The van der Waals surface area contributed by atoms with Crippen LogP contribution in [0.25, 0.3) is 0 Å². The minimum atomic E-state index is 1.20. The van der Waals surface area contributed by atoms with Crippen LogP contribution >= 0.6 is 0 Å². The summed E-state index contributed by atoms with van der Waals surface area (Å²) in [5.74, 6) is 1.60. The first-order valence-electron chi connectivity index (χ1n) is 18.4. The Morgan fingerprint density at radius 2 is 0.795 bits per heavy atom. The molecule has 2 heteroatoms. The molecule has 0 aromatic carbocycles. The highest BCUT2D eigenvalue weighted by Gasteiger charge is 2.16. The van der Waals surface area contributed by atoms with Gasteiger partial charge in [0.25, 0.3) is 5.82 Å². The van der Waals surface area contributed by atoms with Gasteiger partial charge in [0.15, 0.2) is 0 Å². The number of imidazole rings is 1. The van der Waals surface area contributed by atoms with E-state index in [0.717, 1.165) is 0 Å². The third kappa shape index (κ3) is 21.6. The molecular formula is C37H73N2+. The first-order valence-corrected chi connectivity index (χ1v) is 18.4. The maximum Gasteiger partial charge on any atom is 0.256 e. The molecule has 1 heterocycles. The normalized spacial score (nSPS) is 11.6. The predicted molar refractivity (Wildman–Crippen MR) is 175 cm³/mol. The fourth-order valence-corrected chi connectivity index (χ4v) is 6.12. The molecule has 0 aliphatic rings. The van der Waals surface area contributed by atoms with E-state index >= 15 is 0 Å². The van der Waals surface area contributed by atoms with Crippen LogP contribution in [0.1, 0.15) is 206 Å². The number of hydrogen-bond donors (Lipinski definition) is 0. The average Bonchev–Trinajstić information content (AvgIpc) is 3.33. The summed E-state index contributed by atoms with van der Waals surface area (Å²) >= 11 is 0. The first kappa shape index (κ1) is 36.2. The summed E-state index contributed by atoms with van der Waals surface area (Å²) in [4.78, 5) is 0. The molecule has 0 saturated carbocycles. The minimum Gasteiger partial charge on any atom is -0.234 e. The van der Waals surface area contributed by atoms with Gasteiger partial charge in [-0.1, -0.05) is 175 Å². The molecule has 230 valence electrons. The van der Waals surface area contributed by atoms with Gasteiger partial charge in [-0.3, -0.25) is 0 Å². The second-order valence-corrected chi connectivity index (χ2v) is 12.7. The highest BCUT2D eigenvalue weighted by atomic mass is 15.1. The van der Waals surface area contributed by atoms with Crippen molar-refractivity contribution in [2.24, 2.45) is 0 Å². The van der Waals surface area contributed by atoms with Crippen LogP contribution in [-0.2, 0) is 19.5 Å². The summed E-state index contributed by atoms with van der Waals surface area (Å²) in [6.45, 7) is 9.36. The Bertz CT molecular complexity index is 605. The second-order valence-electron chi connectivity index (χ2n) is 12.7. The minimum absolute atomic E-state index is 1.20. The van der Waals surface area contributed by atoms with E-state index in [9.17, 15) is 0 Å². The van der Waals surface area contributed by atoms with E-state index in [1.54, 1.807) is 5.82 Å². The Morgan fingerprint density at radius 1 is 0.436 bits per heavy atom. The summed E-state index contributed by atoms with van der Waals surface area (Å²) in [6.07, 6.45) is 46.0. The average molecular weight is 546 g/mol. The van der Waals surface area contributed by atoms with Crippen LogP contribution in [0.15, 0.2) is 12.4 Å². The van der Waals surface area contributed by atoms with E-state index in [0.29, 0.717) is 0 Å². The highest BCUT2D eigenvalue weighted by molar-refractivity contribution is 4.84. The van der Waals surface area contributed by atoms with Crippen molar-refractivity contribution in [3.8, 4) is 0 Å². The number of aryl methyl sites for hydroxylation is 2. The van der Waals surface area contributed by atoms with Crippen molar-refractivity contribution >= 4 is 0 Å². The van der Waals surface area contributed by atoms with Crippen molar-refractivity contribution in [2.75, 3.05) is 0 Å². The number of nitrogens with zero attached hydrogens (tertiary/aromatic N) is 2. The molecule has 0 bridgehead atoms. The van der Waals surface area contributed by atoms with Crippen molar-refractivity contribution < 1.29 is 4.57 Å². The molecule has 0 fully saturated rings. The smallest absolute Gasteiger partial charge is 0.234 e. The Hall–Kier alpha value is -0.790. The lowest BCUT2D eigenvalue weighted by Crippen LogP contribution is -2.37. The van der Waals surface area contributed by atoms with E-state index in [2.05, 4.69) is 42.3 Å². The zero-order valence-corrected chi connectivity index (χ0v) is 27.5. The van der Waals surface area contributed by atoms with Gasteiger partial charge >= 0.3 is 0 Å². The van der Waals surface area contributed by atoms with E-state index in [-0.39, 0.29) is 0 Å². The zero-order valence-electron chi connectivity index (χ0n) is 27.5. The number of aromatic nitrogens is 2. The van der Waals surface area contributed by atoms with Gasteiger partial charge in [0, 0.05) is 6.42 Å². The molecule has 0 saturated heterocycles. The van der Waals surface area contributed by atoms with E-state index in [1.807, 2.05) is 0 Å². The van der Waals surface area contributed by atoms with Crippen molar-refractivity contribution in [1.29, 1.82) is 0 Å². The number of hydrogen-bond acceptors (Lipinski definition) is 0. The maximum atomic E-state index is 2.61. The maximum absolute atomic E-state index is 2.61. The fraction of sp³-hybridized carbons (Fsp3) is 0.919. The van der Waals surface area contributed by atoms with Crippen LogP contribution in [0.3, 0.4) is 0 Å². The molecule has 0 aliphatic heterocycles. The van der Waals surface area contributed by atoms with E-state index in [4.69, 9.17) is 0 Å². The third-order valence-electron chi connectivity index (χ3n) is 8.85. The molecule has 0 unspecified atom stereocenters. The van der Waals surface area contributed by atoms with Crippen LogP contribution in [0, 0.1) is 0 Å². The van der Waals surface area contributed by atoms with Crippen LogP contribution in [0.2, 0.25) is 0 Å². The lowest BCUT2D eigenvalue weighted by atomic mass is 10.0. The summed E-state index contributed by atoms with van der Waals surface area (Å²) in [5.41, 5.74) is 0. The Balaban J connectivity index is 2.10. The third-order valence-corrected chi connectivity index (χ3v) is 8.85. The molecule has 0 radical (unpaired) electrons. The van der Waals surface area contributed by atoms with E-state index in [1.165, 1.54) is 199 Å². The van der Waals surface area contributed by atoms with Crippen LogP contribution in [0.5, 0.6) is 0 Å². The Labute approximate surface area is 247 Å². The second kappa shape index (κ2) is 28.7. The summed E-state index contributed by atoms with van der Waals surface area (Å²) in [5, 5.41) is 0. The molecule has 0 spiro atoms. The van der Waals surface area contributed by atoms with Gasteiger partial charge < -0.3 is 0 Å². The van der Waals surface area contributed by atoms with Crippen LogP contribution in [0.4, 0.5) is 0 Å². The molecule has 1 rings (SSSR count). The summed E-state index contributed by atoms with van der Waals surface area (Å²) < 4.78 is 5.18. The van der Waals surface area contributed by atoms with Gasteiger partial charge in [-0.05, 0) is 25.7 Å². The molecule has 2 nitrogen and oxygen atoms in total. The van der Waals surface area contributed by atoms with Gasteiger partial charge in [-0.15, -0.1) is 0 Å². The Kier molecular flexibility index (Phi) is 26.7. The molecule has 0 amide bonds. The van der Waals surface area contributed by atoms with Gasteiger partial charge in [-0.25, -0.2) is 9.13 Å². The van der Waals surface area contributed by atoms with E-state index < -0.39 is 0 Å². The number of unbranched alkanes of at least 4 members (excludes halogenated alkanes) is 25. The van der Waals surface area contributed by atoms with Crippen LogP contribution in [-0.4, -0.2) is 4.57 Å².